The Bertz CT molecular complexity index is 1880. The van der Waals surface area contributed by atoms with Crippen LogP contribution in [0.25, 0.3) is 22.1 Å². The fourth-order valence-electron chi connectivity index (χ4n) is 3.86. The molecule has 0 N–H and O–H groups in total. The van der Waals surface area contributed by atoms with E-state index in [1.165, 1.54) is 42.5 Å². The molecule has 5 aromatic rings. The zero-order valence-corrected chi connectivity index (χ0v) is 22.7. The fourth-order valence-corrected chi connectivity index (χ4v) is 5.81. The van der Waals surface area contributed by atoms with Gasteiger partial charge in [0.05, 0.1) is 5.69 Å². The maximum Gasteiger partial charge on any atom is 0.361 e. The number of hydrogen-bond donors (Lipinski definition) is 1. The second kappa shape index (κ2) is 10.4. The van der Waals surface area contributed by atoms with Crippen LogP contribution in [0, 0.1) is 0 Å². The van der Waals surface area contributed by atoms with E-state index in [4.69, 9.17) is 8.60 Å². The molecule has 1 aromatic heterocycles. The lowest BCUT2D eigenvalue weighted by molar-refractivity contribution is 0.475. The van der Waals surface area contributed by atoms with Crippen LogP contribution in [0.4, 0.5) is 11.4 Å². The molecule has 4 aromatic carbocycles. The quantitative estimate of drug-likeness (QED) is 0.144. The molecule has 5 rings (SSSR count). The Morgan fingerprint density at radius 3 is 2.16 bits per heavy atom. The van der Waals surface area contributed by atoms with E-state index < -0.39 is 26.6 Å². The number of fused-ring (bicyclic) bond motifs is 1. The highest BCUT2D eigenvalue weighted by Crippen LogP contribution is 2.32. The molecule has 192 valence electrons. The summed E-state index contributed by atoms with van der Waals surface area (Å²) in [6.07, 6.45) is 0. The summed E-state index contributed by atoms with van der Waals surface area (Å²) in [6, 6.07) is 27.8. The second-order valence-electron chi connectivity index (χ2n) is 8.05. The third-order valence-corrected chi connectivity index (χ3v) is 8.11. The lowest BCUT2D eigenvalue weighted by atomic mass is 10.1. The zero-order chi connectivity index (χ0) is 26.9. The van der Waals surface area contributed by atoms with Gasteiger partial charge in [-0.3, -0.25) is 0 Å². The molecule has 0 aliphatic heterocycles. The third-order valence-electron chi connectivity index (χ3n) is 5.60. The number of nitrogens with zero attached hydrogens (tertiary/aromatic N) is 1. The topological polar surface area (TPSA) is 111 Å². The van der Waals surface area contributed by atoms with Crippen molar-refractivity contribution in [1.82, 2.24) is 0 Å². The third kappa shape index (κ3) is 5.21. The standard InChI is InChI=1S/C27H18BrNO7S2/c28-21-9-5-10-22(17-21)29(37(31)32)24-16-20-8-4-11-25(26(20)35-27(24)30)36-38(33,34)23-14-12-19(13-15-23)18-6-2-1-3-7-18/h1-17,37H. The van der Waals surface area contributed by atoms with E-state index in [2.05, 4.69) is 15.9 Å². The van der Waals surface area contributed by atoms with Gasteiger partial charge in [0.2, 0.25) is 10.9 Å². The van der Waals surface area contributed by atoms with E-state index in [0.717, 1.165) is 15.4 Å². The molecular formula is C27H18BrNO7S2. The summed E-state index contributed by atoms with van der Waals surface area (Å²) in [6.45, 7) is 0. The number of rotatable bonds is 7. The van der Waals surface area contributed by atoms with Gasteiger partial charge < -0.3 is 8.60 Å². The van der Waals surface area contributed by atoms with E-state index >= 15 is 0 Å². The Kier molecular flexibility index (Phi) is 7.06. The molecular weight excluding hydrogens is 594 g/mol. The van der Waals surface area contributed by atoms with Crippen molar-refractivity contribution >= 4 is 59.3 Å². The van der Waals surface area contributed by atoms with Crippen LogP contribution in [0.15, 0.2) is 122 Å². The molecule has 0 radical (unpaired) electrons. The molecule has 0 bridgehead atoms. The number of benzene rings is 4. The van der Waals surface area contributed by atoms with Gasteiger partial charge in [0.25, 0.3) is 0 Å². The SMILES string of the molecule is O=c1oc2c(OS(=O)(=O)c3ccc(-c4ccccc4)cc3)cccc2cc1N(c1cccc(Br)c1)[SH](=O)=O. The molecule has 1 heterocycles. The van der Waals surface area contributed by atoms with E-state index in [1.54, 1.807) is 30.3 Å². The van der Waals surface area contributed by atoms with Crippen LogP contribution in [-0.4, -0.2) is 16.8 Å². The first-order chi connectivity index (χ1) is 18.2. The molecule has 0 saturated heterocycles. The Labute approximate surface area is 228 Å². The van der Waals surface area contributed by atoms with Crippen LogP contribution in [0.1, 0.15) is 0 Å². The van der Waals surface area contributed by atoms with Crippen LogP contribution in [-0.2, 0) is 21.0 Å². The number of anilines is 2. The van der Waals surface area contributed by atoms with Gasteiger partial charge in [-0.25, -0.2) is 17.5 Å². The second-order valence-corrected chi connectivity index (χ2v) is 11.4. The summed E-state index contributed by atoms with van der Waals surface area (Å²) in [7, 11) is -7.53. The average molecular weight is 612 g/mol. The first-order valence-electron chi connectivity index (χ1n) is 11.1. The largest absolute Gasteiger partial charge is 0.417 e. The van der Waals surface area contributed by atoms with E-state index in [1.807, 2.05) is 30.3 Å². The summed E-state index contributed by atoms with van der Waals surface area (Å²) >= 11 is 3.28. The summed E-state index contributed by atoms with van der Waals surface area (Å²) in [4.78, 5) is 12.8. The Hall–Kier alpha value is -3.93. The normalized spacial score (nSPS) is 11.5. The lowest BCUT2D eigenvalue weighted by Crippen LogP contribution is -2.21. The summed E-state index contributed by atoms with van der Waals surface area (Å²) < 4.78 is 62.4. The molecule has 0 saturated carbocycles. The van der Waals surface area contributed by atoms with Gasteiger partial charge in [-0.1, -0.05) is 76.6 Å². The van der Waals surface area contributed by atoms with Gasteiger partial charge in [-0.05, 0) is 53.6 Å². The van der Waals surface area contributed by atoms with Crippen molar-refractivity contribution in [3.8, 4) is 16.9 Å². The van der Waals surface area contributed by atoms with Gasteiger partial charge in [-0.2, -0.15) is 8.42 Å². The molecule has 8 nitrogen and oxygen atoms in total. The number of halogens is 1. The molecule has 0 amide bonds. The zero-order valence-electron chi connectivity index (χ0n) is 19.4. The van der Waals surface area contributed by atoms with E-state index in [9.17, 15) is 21.6 Å². The number of hydrogen-bond acceptors (Lipinski definition) is 7. The highest BCUT2D eigenvalue weighted by atomic mass is 79.9. The average Bonchev–Trinajstić information content (AvgIpc) is 2.90. The van der Waals surface area contributed by atoms with Gasteiger partial charge in [0, 0.05) is 9.86 Å². The highest BCUT2D eigenvalue weighted by molar-refractivity contribution is 9.10. The first kappa shape index (κ1) is 25.7. The number of thiol groups is 1. The summed E-state index contributed by atoms with van der Waals surface area (Å²) in [5, 5.41) is 0.267. The van der Waals surface area contributed by atoms with Gasteiger partial charge in [0.1, 0.15) is 10.6 Å². The van der Waals surface area contributed by atoms with Crippen molar-refractivity contribution in [2.45, 2.75) is 4.90 Å². The predicted octanol–water partition coefficient (Wildman–Crippen LogP) is 5.65. The van der Waals surface area contributed by atoms with Crippen molar-refractivity contribution in [1.29, 1.82) is 0 Å². The molecule has 0 spiro atoms. The molecule has 0 atom stereocenters. The minimum absolute atomic E-state index is 0.0858. The molecule has 0 aliphatic rings. The molecule has 0 aliphatic carbocycles. The smallest absolute Gasteiger partial charge is 0.361 e. The van der Waals surface area contributed by atoms with Crippen LogP contribution >= 0.6 is 15.9 Å². The van der Waals surface area contributed by atoms with Gasteiger partial charge in [0.15, 0.2) is 11.3 Å². The fraction of sp³-hybridized carbons (Fsp3) is 0. The van der Waals surface area contributed by atoms with Crippen molar-refractivity contribution in [3.63, 3.8) is 0 Å². The summed E-state index contributed by atoms with van der Waals surface area (Å²) in [5.74, 6) is -0.209. The Balaban J connectivity index is 1.51. The van der Waals surface area contributed by atoms with Crippen LogP contribution in [0.2, 0.25) is 0 Å². The van der Waals surface area contributed by atoms with Crippen molar-refractivity contribution in [3.05, 3.63) is 118 Å². The minimum atomic E-state index is -4.28. The summed E-state index contributed by atoms with van der Waals surface area (Å²) in [5.41, 5.74) is 0.596. The number of para-hydroxylation sites is 1. The monoisotopic (exact) mass is 611 g/mol. The Morgan fingerprint density at radius 2 is 1.47 bits per heavy atom. The van der Waals surface area contributed by atoms with Crippen LogP contribution in [0.3, 0.4) is 0 Å². The van der Waals surface area contributed by atoms with Gasteiger partial charge >= 0.3 is 15.7 Å². The van der Waals surface area contributed by atoms with Crippen LogP contribution in [0.5, 0.6) is 5.75 Å². The molecule has 38 heavy (non-hydrogen) atoms. The van der Waals surface area contributed by atoms with E-state index in [0.29, 0.717) is 4.47 Å². The molecule has 0 unspecified atom stereocenters. The maximum atomic E-state index is 13.0. The molecule has 0 fully saturated rings. The predicted molar refractivity (Wildman–Crippen MR) is 149 cm³/mol. The van der Waals surface area contributed by atoms with Crippen molar-refractivity contribution in [2.24, 2.45) is 0 Å². The van der Waals surface area contributed by atoms with Crippen molar-refractivity contribution < 1.29 is 25.4 Å². The lowest BCUT2D eigenvalue weighted by Gasteiger charge is -2.17. The maximum absolute atomic E-state index is 13.0. The van der Waals surface area contributed by atoms with E-state index in [-0.39, 0.29) is 33.0 Å². The first-order valence-corrected chi connectivity index (χ1v) is 14.4. The minimum Gasteiger partial charge on any atom is -0.417 e. The molecule has 11 heteroatoms. The highest BCUT2D eigenvalue weighted by Gasteiger charge is 2.22. The van der Waals surface area contributed by atoms with Gasteiger partial charge in [-0.15, -0.1) is 0 Å². The van der Waals surface area contributed by atoms with Crippen LogP contribution < -0.4 is 14.1 Å². The van der Waals surface area contributed by atoms with Crippen molar-refractivity contribution in [2.75, 3.05) is 4.31 Å². The Morgan fingerprint density at radius 1 is 0.789 bits per heavy atom.